The standard InChI is InChI=1S/C15H28N2O2/c1-4-7-13-15(19)17(11-9-14(18)16-13)10-6-5-8-12(2)3/h12-13H,4-11H2,1-3H3,(H,16,18). The second-order valence-corrected chi connectivity index (χ2v) is 5.87. The van der Waals surface area contributed by atoms with Gasteiger partial charge in [-0.15, -0.1) is 0 Å². The summed E-state index contributed by atoms with van der Waals surface area (Å²) in [5, 5.41) is 2.84. The normalized spacial score (nSPS) is 20.6. The molecular formula is C15H28N2O2. The molecule has 0 aromatic rings. The molecule has 0 aliphatic carbocycles. The van der Waals surface area contributed by atoms with Crippen molar-refractivity contribution in [2.24, 2.45) is 5.92 Å². The highest BCUT2D eigenvalue weighted by Crippen LogP contribution is 2.11. The molecule has 0 spiro atoms. The molecule has 1 aliphatic heterocycles. The maximum atomic E-state index is 12.3. The Morgan fingerprint density at radius 2 is 2.05 bits per heavy atom. The van der Waals surface area contributed by atoms with Crippen molar-refractivity contribution >= 4 is 11.8 Å². The van der Waals surface area contributed by atoms with Crippen molar-refractivity contribution in [2.75, 3.05) is 13.1 Å². The summed E-state index contributed by atoms with van der Waals surface area (Å²) in [6, 6.07) is -0.301. The highest BCUT2D eigenvalue weighted by molar-refractivity contribution is 5.89. The smallest absolute Gasteiger partial charge is 0.245 e. The minimum absolute atomic E-state index is 0.0106. The lowest BCUT2D eigenvalue weighted by molar-refractivity contribution is -0.133. The molecule has 1 heterocycles. The molecule has 1 aliphatic rings. The van der Waals surface area contributed by atoms with E-state index in [-0.39, 0.29) is 17.9 Å². The maximum absolute atomic E-state index is 12.3. The molecule has 0 aromatic heterocycles. The van der Waals surface area contributed by atoms with Crippen LogP contribution in [0.3, 0.4) is 0 Å². The number of nitrogens with zero attached hydrogens (tertiary/aromatic N) is 1. The van der Waals surface area contributed by atoms with Crippen LogP contribution in [0.15, 0.2) is 0 Å². The van der Waals surface area contributed by atoms with Crippen molar-refractivity contribution < 1.29 is 9.59 Å². The van der Waals surface area contributed by atoms with Gasteiger partial charge in [-0.05, 0) is 18.8 Å². The molecule has 0 bridgehead atoms. The van der Waals surface area contributed by atoms with E-state index < -0.39 is 0 Å². The van der Waals surface area contributed by atoms with E-state index in [2.05, 4.69) is 19.2 Å². The Kier molecular flexibility index (Phi) is 6.89. The van der Waals surface area contributed by atoms with E-state index in [1.165, 1.54) is 6.42 Å². The molecule has 19 heavy (non-hydrogen) atoms. The van der Waals surface area contributed by atoms with Crippen LogP contribution in [-0.2, 0) is 9.59 Å². The van der Waals surface area contributed by atoms with Gasteiger partial charge in [0, 0.05) is 19.5 Å². The number of unbranched alkanes of at least 4 members (excludes halogenated alkanes) is 1. The van der Waals surface area contributed by atoms with E-state index in [4.69, 9.17) is 0 Å². The van der Waals surface area contributed by atoms with Gasteiger partial charge in [-0.3, -0.25) is 9.59 Å². The fraction of sp³-hybridized carbons (Fsp3) is 0.867. The first-order valence-corrected chi connectivity index (χ1v) is 7.62. The summed E-state index contributed by atoms with van der Waals surface area (Å²) in [4.78, 5) is 25.8. The quantitative estimate of drug-likeness (QED) is 0.720. The zero-order valence-corrected chi connectivity index (χ0v) is 12.6. The van der Waals surface area contributed by atoms with Crippen molar-refractivity contribution in [3.8, 4) is 0 Å². The lowest BCUT2D eigenvalue weighted by atomic mass is 10.1. The average Bonchev–Trinajstić information content (AvgIpc) is 2.47. The minimum Gasteiger partial charge on any atom is -0.344 e. The maximum Gasteiger partial charge on any atom is 0.245 e. The van der Waals surface area contributed by atoms with Gasteiger partial charge in [0.05, 0.1) is 0 Å². The Hall–Kier alpha value is -1.06. The van der Waals surface area contributed by atoms with Gasteiger partial charge in [-0.25, -0.2) is 0 Å². The zero-order valence-electron chi connectivity index (χ0n) is 12.6. The Bertz CT molecular complexity index is 303. The fourth-order valence-corrected chi connectivity index (χ4v) is 2.46. The van der Waals surface area contributed by atoms with Crippen LogP contribution in [0.5, 0.6) is 0 Å². The predicted octanol–water partition coefficient (Wildman–Crippen LogP) is 2.33. The number of carbonyl (C=O) groups excluding carboxylic acids is 2. The summed E-state index contributed by atoms with van der Waals surface area (Å²) in [7, 11) is 0. The number of amides is 2. The van der Waals surface area contributed by atoms with Crippen molar-refractivity contribution in [3.63, 3.8) is 0 Å². The lowest BCUT2D eigenvalue weighted by Gasteiger charge is -2.24. The molecule has 4 heteroatoms. The van der Waals surface area contributed by atoms with Gasteiger partial charge < -0.3 is 10.2 Å². The zero-order chi connectivity index (χ0) is 14.3. The van der Waals surface area contributed by atoms with Crippen LogP contribution in [0.2, 0.25) is 0 Å². The van der Waals surface area contributed by atoms with Gasteiger partial charge >= 0.3 is 0 Å². The number of hydrogen-bond acceptors (Lipinski definition) is 2. The molecular weight excluding hydrogens is 240 g/mol. The first kappa shape index (κ1) is 16.0. The minimum atomic E-state index is -0.301. The summed E-state index contributed by atoms with van der Waals surface area (Å²) in [6.07, 6.45) is 5.50. The van der Waals surface area contributed by atoms with Crippen molar-refractivity contribution in [1.29, 1.82) is 0 Å². The van der Waals surface area contributed by atoms with Crippen molar-refractivity contribution in [1.82, 2.24) is 10.2 Å². The topological polar surface area (TPSA) is 49.4 Å². The van der Waals surface area contributed by atoms with Crippen LogP contribution in [0.25, 0.3) is 0 Å². The van der Waals surface area contributed by atoms with E-state index in [1.54, 1.807) is 0 Å². The summed E-state index contributed by atoms with van der Waals surface area (Å²) in [5.74, 6) is 0.838. The van der Waals surface area contributed by atoms with E-state index in [0.717, 1.165) is 38.1 Å². The van der Waals surface area contributed by atoms with Gasteiger partial charge in [0.25, 0.3) is 0 Å². The highest BCUT2D eigenvalue weighted by Gasteiger charge is 2.28. The van der Waals surface area contributed by atoms with Crippen LogP contribution >= 0.6 is 0 Å². The third kappa shape index (κ3) is 5.62. The summed E-state index contributed by atoms with van der Waals surface area (Å²) < 4.78 is 0. The SMILES string of the molecule is CCCC1NC(=O)CCN(CCCCC(C)C)C1=O. The molecule has 2 amide bonds. The van der Waals surface area contributed by atoms with E-state index in [1.807, 2.05) is 11.8 Å². The third-order valence-corrected chi connectivity index (χ3v) is 3.59. The largest absolute Gasteiger partial charge is 0.344 e. The first-order chi connectivity index (χ1) is 9.04. The van der Waals surface area contributed by atoms with Gasteiger partial charge in [0.15, 0.2) is 0 Å². The van der Waals surface area contributed by atoms with E-state index in [9.17, 15) is 9.59 Å². The van der Waals surface area contributed by atoms with Crippen LogP contribution in [0.1, 0.15) is 59.3 Å². The molecule has 1 unspecified atom stereocenters. The van der Waals surface area contributed by atoms with Crippen LogP contribution in [0.4, 0.5) is 0 Å². The molecule has 1 rings (SSSR count). The Morgan fingerprint density at radius 1 is 1.32 bits per heavy atom. The van der Waals surface area contributed by atoms with Crippen LogP contribution in [-0.4, -0.2) is 35.8 Å². The van der Waals surface area contributed by atoms with E-state index >= 15 is 0 Å². The van der Waals surface area contributed by atoms with Crippen LogP contribution in [0, 0.1) is 5.92 Å². The second kappa shape index (κ2) is 8.18. The highest BCUT2D eigenvalue weighted by atomic mass is 16.2. The van der Waals surface area contributed by atoms with Gasteiger partial charge in [-0.2, -0.15) is 0 Å². The molecule has 110 valence electrons. The Labute approximate surface area is 116 Å². The van der Waals surface area contributed by atoms with Gasteiger partial charge in [-0.1, -0.05) is 40.0 Å². The summed E-state index contributed by atoms with van der Waals surface area (Å²) in [5.41, 5.74) is 0. The molecule has 0 aromatic carbocycles. The fourth-order valence-electron chi connectivity index (χ4n) is 2.46. The lowest BCUT2D eigenvalue weighted by Crippen LogP contribution is -2.44. The Morgan fingerprint density at radius 3 is 2.68 bits per heavy atom. The van der Waals surface area contributed by atoms with Gasteiger partial charge in [0.2, 0.25) is 11.8 Å². The molecule has 1 N–H and O–H groups in total. The monoisotopic (exact) mass is 268 g/mol. The first-order valence-electron chi connectivity index (χ1n) is 7.62. The van der Waals surface area contributed by atoms with Crippen molar-refractivity contribution in [2.45, 2.75) is 65.3 Å². The predicted molar refractivity (Wildman–Crippen MR) is 76.7 cm³/mol. The molecule has 0 saturated carbocycles. The molecule has 1 atom stereocenters. The second-order valence-electron chi connectivity index (χ2n) is 5.87. The third-order valence-electron chi connectivity index (χ3n) is 3.59. The summed E-state index contributed by atoms with van der Waals surface area (Å²) in [6.45, 7) is 7.85. The molecule has 4 nitrogen and oxygen atoms in total. The number of hydrogen-bond donors (Lipinski definition) is 1. The van der Waals surface area contributed by atoms with Gasteiger partial charge in [0.1, 0.15) is 6.04 Å². The molecule has 0 radical (unpaired) electrons. The van der Waals surface area contributed by atoms with E-state index in [0.29, 0.717) is 13.0 Å². The molecule has 1 saturated heterocycles. The van der Waals surface area contributed by atoms with Crippen LogP contribution < -0.4 is 5.32 Å². The number of rotatable bonds is 7. The number of nitrogens with one attached hydrogen (secondary N) is 1. The Balaban J connectivity index is 2.46. The average molecular weight is 268 g/mol. The number of carbonyl (C=O) groups is 2. The van der Waals surface area contributed by atoms with Crippen molar-refractivity contribution in [3.05, 3.63) is 0 Å². The summed E-state index contributed by atoms with van der Waals surface area (Å²) >= 11 is 0. The molecule has 1 fully saturated rings.